The maximum atomic E-state index is 13.9. The molecule has 0 radical (unpaired) electrons. The number of esters is 2. The summed E-state index contributed by atoms with van der Waals surface area (Å²) in [5.74, 6) is 0.880. The van der Waals surface area contributed by atoms with Crippen LogP contribution in [0.15, 0.2) is 60.0 Å². The normalized spacial score (nSPS) is 37.9. The van der Waals surface area contributed by atoms with Crippen LogP contribution >= 0.6 is 0 Å². The monoisotopic (exact) mass is 777 g/mol. The molecule has 9 heteroatoms. The molecule has 0 spiro atoms. The van der Waals surface area contributed by atoms with Gasteiger partial charge in [-0.05, 0) is 135 Å². The Bertz CT molecular complexity index is 1800. The number of carbonyl (C=O) groups excluding carboxylic acids is 3. The fourth-order valence-electron chi connectivity index (χ4n) is 13.9. The van der Waals surface area contributed by atoms with Crippen molar-refractivity contribution in [2.24, 2.45) is 62.1 Å². The lowest BCUT2D eigenvalue weighted by Gasteiger charge is -2.72. The summed E-state index contributed by atoms with van der Waals surface area (Å²) in [5.41, 5.74) is -0.0181. The number of carbonyl (C=O) groups is 3. The molecule has 0 aliphatic heterocycles. The van der Waals surface area contributed by atoms with Gasteiger partial charge in [0.15, 0.2) is 0 Å². The van der Waals surface area contributed by atoms with Crippen LogP contribution < -0.4 is 4.72 Å². The SMILES string of the molecule is C=CCOC(=O)[C@]12CC[C@@H](C(=C)C)[C@@H]1[C@H]1CC[C@@H]3[C@@]4(C)CC[C@H](OC(=O)CC(C)(C)CC(=O)NS(=O)(=O)c5ccccc5)C(C)(C)[C@@H]4CC[C@@]3(C)[C@]1(C)CC2. The molecule has 304 valence electrons. The van der Waals surface area contributed by atoms with Crippen LogP contribution in [-0.2, 0) is 33.9 Å². The first-order chi connectivity index (χ1) is 25.6. The van der Waals surface area contributed by atoms with E-state index in [2.05, 4.69) is 59.4 Å². The zero-order valence-electron chi connectivity index (χ0n) is 34.8. The number of fused-ring (bicyclic) bond motifs is 7. The van der Waals surface area contributed by atoms with Crippen molar-refractivity contribution in [3.05, 3.63) is 55.1 Å². The molecule has 5 fully saturated rings. The van der Waals surface area contributed by atoms with Gasteiger partial charge in [-0.1, -0.05) is 91.5 Å². The van der Waals surface area contributed by atoms with Gasteiger partial charge in [0, 0.05) is 11.8 Å². The third-order valence-electron chi connectivity index (χ3n) is 16.6. The number of sulfonamides is 1. The maximum Gasteiger partial charge on any atom is 0.312 e. The highest BCUT2D eigenvalue weighted by atomic mass is 32.2. The Morgan fingerprint density at radius 2 is 1.56 bits per heavy atom. The molecule has 5 aliphatic carbocycles. The zero-order valence-corrected chi connectivity index (χ0v) is 35.6. The molecule has 1 aromatic rings. The van der Waals surface area contributed by atoms with E-state index in [1.807, 2.05) is 0 Å². The quantitative estimate of drug-likeness (QED) is 0.176. The molecule has 10 atom stereocenters. The summed E-state index contributed by atoms with van der Waals surface area (Å²) in [6.45, 7) is 26.5. The molecule has 5 saturated carbocycles. The van der Waals surface area contributed by atoms with Gasteiger partial charge < -0.3 is 9.47 Å². The summed E-state index contributed by atoms with van der Waals surface area (Å²) >= 11 is 0. The summed E-state index contributed by atoms with van der Waals surface area (Å²) < 4.78 is 39.8. The number of allylic oxidation sites excluding steroid dienone is 1. The van der Waals surface area contributed by atoms with Crippen molar-refractivity contribution in [1.82, 2.24) is 4.72 Å². The van der Waals surface area contributed by atoms with Gasteiger partial charge in [-0.2, -0.15) is 0 Å². The van der Waals surface area contributed by atoms with Crippen LogP contribution in [0, 0.1) is 62.1 Å². The van der Waals surface area contributed by atoms with Gasteiger partial charge in [0.05, 0.1) is 16.7 Å². The predicted octanol–water partition coefficient (Wildman–Crippen LogP) is 9.60. The second-order valence-corrected chi connectivity index (χ2v) is 22.1. The van der Waals surface area contributed by atoms with E-state index in [1.165, 1.54) is 17.7 Å². The van der Waals surface area contributed by atoms with Gasteiger partial charge >= 0.3 is 11.9 Å². The van der Waals surface area contributed by atoms with Crippen molar-refractivity contribution in [2.45, 2.75) is 143 Å². The van der Waals surface area contributed by atoms with Gasteiger partial charge in [0.2, 0.25) is 5.91 Å². The van der Waals surface area contributed by atoms with Gasteiger partial charge in [0.1, 0.15) is 12.7 Å². The zero-order chi connectivity index (χ0) is 40.4. The van der Waals surface area contributed by atoms with Crippen molar-refractivity contribution < 1.29 is 32.3 Å². The molecule has 6 rings (SSSR count). The lowest BCUT2D eigenvalue weighted by atomic mass is 9.32. The fraction of sp³-hybridized carbons (Fsp3) is 0.717. The van der Waals surface area contributed by atoms with Crippen LogP contribution in [0.4, 0.5) is 0 Å². The molecule has 1 amide bonds. The van der Waals surface area contributed by atoms with E-state index in [9.17, 15) is 22.8 Å². The highest BCUT2D eigenvalue weighted by molar-refractivity contribution is 7.90. The molecule has 0 heterocycles. The largest absolute Gasteiger partial charge is 0.462 e. The first-order valence-corrected chi connectivity index (χ1v) is 22.3. The lowest BCUT2D eigenvalue weighted by molar-refractivity contribution is -0.251. The van der Waals surface area contributed by atoms with Crippen LogP contribution in [0.1, 0.15) is 132 Å². The Balaban J connectivity index is 1.15. The minimum Gasteiger partial charge on any atom is -0.462 e. The van der Waals surface area contributed by atoms with Crippen molar-refractivity contribution in [2.75, 3.05) is 6.61 Å². The molecule has 5 aliphatic rings. The van der Waals surface area contributed by atoms with E-state index in [-0.39, 0.29) is 70.0 Å². The average Bonchev–Trinajstić information content (AvgIpc) is 3.50. The number of nitrogens with one attached hydrogen (secondary N) is 1. The molecule has 0 bridgehead atoms. The first-order valence-electron chi connectivity index (χ1n) is 20.8. The smallest absolute Gasteiger partial charge is 0.312 e. The minimum absolute atomic E-state index is 0.00965. The Labute approximate surface area is 331 Å². The van der Waals surface area contributed by atoms with Crippen LogP contribution in [0.3, 0.4) is 0 Å². The maximum absolute atomic E-state index is 13.9. The van der Waals surface area contributed by atoms with E-state index in [0.29, 0.717) is 23.7 Å². The van der Waals surface area contributed by atoms with Crippen LogP contribution in [0.5, 0.6) is 0 Å². The second kappa shape index (κ2) is 14.5. The summed E-state index contributed by atoms with van der Waals surface area (Å²) in [7, 11) is -4.00. The molecule has 1 N–H and O–H groups in total. The standard InChI is InChI=1S/C46H67NO7S/c1-11-27-53-40(50)46-24-19-32(30(2)3)39(46)33-17-18-35-43(8)22-21-36(42(6,7)34(43)20-23-45(35,10)44(33,9)25-26-46)54-38(49)29-41(4,5)28-37(48)47-55(51,52)31-15-13-12-14-16-31/h11-16,32-36,39H,1-2,17-29H2,3-10H3,(H,47,48)/t32-,33+,34-,35+,36-,39+,43-,44+,45+,46-/m0/s1. The van der Waals surface area contributed by atoms with Crippen molar-refractivity contribution in [3.63, 3.8) is 0 Å². The second-order valence-electron chi connectivity index (χ2n) is 20.4. The minimum atomic E-state index is -4.00. The molecule has 1 aromatic carbocycles. The van der Waals surface area contributed by atoms with Crippen LogP contribution in [0.25, 0.3) is 0 Å². The number of amides is 1. The molecule has 55 heavy (non-hydrogen) atoms. The Morgan fingerprint density at radius 3 is 2.22 bits per heavy atom. The lowest BCUT2D eigenvalue weighted by Crippen LogP contribution is -2.67. The van der Waals surface area contributed by atoms with Crippen molar-refractivity contribution >= 4 is 27.9 Å². The summed E-state index contributed by atoms with van der Waals surface area (Å²) in [6, 6.07) is 7.79. The van der Waals surface area contributed by atoms with Crippen LogP contribution in [-0.4, -0.2) is 39.0 Å². The van der Waals surface area contributed by atoms with Gasteiger partial charge in [-0.3, -0.25) is 14.4 Å². The molecular formula is C46H67NO7S. The molecular weight excluding hydrogens is 711 g/mol. The van der Waals surface area contributed by atoms with E-state index in [1.54, 1.807) is 38.1 Å². The summed E-state index contributed by atoms with van der Waals surface area (Å²) in [5, 5.41) is 0. The Kier molecular flexibility index (Phi) is 11.0. The first kappa shape index (κ1) is 41.7. The fourth-order valence-corrected chi connectivity index (χ4v) is 14.9. The van der Waals surface area contributed by atoms with Crippen LogP contribution in [0.2, 0.25) is 0 Å². The highest BCUT2D eigenvalue weighted by Crippen LogP contribution is 2.77. The summed E-state index contributed by atoms with van der Waals surface area (Å²) in [4.78, 5) is 40.4. The summed E-state index contributed by atoms with van der Waals surface area (Å²) in [6.07, 6.45) is 11.3. The highest BCUT2D eigenvalue weighted by Gasteiger charge is 2.72. The topological polar surface area (TPSA) is 116 Å². The van der Waals surface area contributed by atoms with E-state index in [4.69, 9.17) is 9.47 Å². The molecule has 0 unspecified atom stereocenters. The number of rotatable bonds is 11. The van der Waals surface area contributed by atoms with Gasteiger partial charge in [-0.15, -0.1) is 0 Å². The van der Waals surface area contributed by atoms with E-state index < -0.39 is 26.8 Å². The van der Waals surface area contributed by atoms with Gasteiger partial charge in [-0.25, -0.2) is 13.1 Å². The van der Waals surface area contributed by atoms with Crippen molar-refractivity contribution in [1.29, 1.82) is 0 Å². The van der Waals surface area contributed by atoms with E-state index in [0.717, 1.165) is 64.2 Å². The number of ether oxygens (including phenoxy) is 2. The molecule has 8 nitrogen and oxygen atoms in total. The third-order valence-corrected chi connectivity index (χ3v) is 18.0. The average molecular weight is 778 g/mol. The Hall–Kier alpha value is -2.94. The Morgan fingerprint density at radius 1 is 0.873 bits per heavy atom. The molecule has 0 saturated heterocycles. The molecule has 0 aromatic heterocycles. The number of hydrogen-bond donors (Lipinski definition) is 1. The number of benzene rings is 1. The van der Waals surface area contributed by atoms with Gasteiger partial charge in [0.25, 0.3) is 10.0 Å². The third kappa shape index (κ3) is 6.94. The number of hydrogen-bond acceptors (Lipinski definition) is 7. The van der Waals surface area contributed by atoms with Crippen molar-refractivity contribution in [3.8, 4) is 0 Å². The predicted molar refractivity (Wildman–Crippen MR) is 215 cm³/mol. The van der Waals surface area contributed by atoms with E-state index >= 15 is 0 Å².